The molecule has 0 bridgehead atoms. The van der Waals surface area contributed by atoms with Crippen LogP contribution >= 0.6 is 0 Å². The standard InChI is InChI=1S/C20H28F3N3O5/c1-2-3-16(28)26-11-19(5-6-19)9-14(26)18(30)25-13(8-12-4-7-24-17(12)29)15(27)10-31-20(21,22)23/h12-14H,2-11H2,1H3,(H,24,29)(H,25,30)/t12-,13-,14-/m0/s1/i1D3. The van der Waals surface area contributed by atoms with Crippen LogP contribution in [-0.4, -0.2) is 66.5 Å². The zero-order valence-electron chi connectivity index (χ0n) is 19.9. The summed E-state index contributed by atoms with van der Waals surface area (Å²) in [6.07, 6.45) is -3.58. The third-order valence-corrected chi connectivity index (χ3v) is 6.19. The maximum absolute atomic E-state index is 13.1. The lowest BCUT2D eigenvalue weighted by atomic mass is 9.95. The van der Waals surface area contributed by atoms with Crippen molar-refractivity contribution in [3.63, 3.8) is 0 Å². The summed E-state index contributed by atoms with van der Waals surface area (Å²) < 4.78 is 62.8. The predicted molar refractivity (Wildman–Crippen MR) is 101 cm³/mol. The molecule has 8 nitrogen and oxygen atoms in total. The zero-order chi connectivity index (χ0) is 25.3. The summed E-state index contributed by atoms with van der Waals surface area (Å²) in [6.45, 7) is -2.99. The van der Waals surface area contributed by atoms with Gasteiger partial charge in [0.25, 0.3) is 0 Å². The highest BCUT2D eigenvalue weighted by molar-refractivity contribution is 5.94. The average molecular weight is 450 g/mol. The number of amides is 3. The van der Waals surface area contributed by atoms with Gasteiger partial charge in [-0.05, 0) is 43.9 Å². The van der Waals surface area contributed by atoms with E-state index < -0.39 is 55.4 Å². The second-order valence-electron chi connectivity index (χ2n) is 8.52. The summed E-state index contributed by atoms with van der Waals surface area (Å²) in [7, 11) is 0. The van der Waals surface area contributed by atoms with E-state index in [2.05, 4.69) is 15.4 Å². The van der Waals surface area contributed by atoms with Gasteiger partial charge in [-0.25, -0.2) is 0 Å². The summed E-state index contributed by atoms with van der Waals surface area (Å²) in [4.78, 5) is 51.6. The molecule has 2 aliphatic heterocycles. The van der Waals surface area contributed by atoms with Gasteiger partial charge in [0.1, 0.15) is 12.6 Å². The molecule has 3 fully saturated rings. The Kier molecular flexibility index (Phi) is 5.75. The van der Waals surface area contributed by atoms with Crippen LogP contribution in [0.25, 0.3) is 0 Å². The molecular formula is C20H28F3N3O5. The Morgan fingerprint density at radius 3 is 2.71 bits per heavy atom. The number of hydrogen-bond acceptors (Lipinski definition) is 5. The topological polar surface area (TPSA) is 105 Å². The number of hydrogen-bond donors (Lipinski definition) is 2. The number of nitrogens with zero attached hydrogens (tertiary/aromatic N) is 1. The van der Waals surface area contributed by atoms with Crippen molar-refractivity contribution in [3.8, 4) is 0 Å². The second kappa shape index (κ2) is 9.13. The van der Waals surface area contributed by atoms with Crippen LogP contribution < -0.4 is 10.6 Å². The first-order valence-electron chi connectivity index (χ1n) is 11.8. The number of rotatable bonds is 9. The Balaban J connectivity index is 1.70. The molecule has 3 amide bonds. The van der Waals surface area contributed by atoms with E-state index in [4.69, 9.17) is 4.11 Å². The lowest BCUT2D eigenvalue weighted by molar-refractivity contribution is -0.321. The quantitative estimate of drug-likeness (QED) is 0.551. The summed E-state index contributed by atoms with van der Waals surface area (Å²) in [6, 6.07) is -2.37. The van der Waals surface area contributed by atoms with E-state index in [1.165, 1.54) is 4.90 Å². The van der Waals surface area contributed by atoms with E-state index in [1.807, 2.05) is 0 Å². The van der Waals surface area contributed by atoms with Crippen molar-refractivity contribution < 1.29 is 41.2 Å². The highest BCUT2D eigenvalue weighted by atomic mass is 19.4. The molecule has 1 spiro atoms. The van der Waals surface area contributed by atoms with E-state index >= 15 is 0 Å². The van der Waals surface area contributed by atoms with Crippen molar-refractivity contribution in [3.05, 3.63) is 0 Å². The molecule has 31 heavy (non-hydrogen) atoms. The van der Waals surface area contributed by atoms with E-state index in [-0.39, 0.29) is 37.1 Å². The molecule has 3 rings (SSSR count). The third-order valence-electron chi connectivity index (χ3n) is 6.19. The Hall–Kier alpha value is -2.17. The van der Waals surface area contributed by atoms with Crippen molar-refractivity contribution in [1.82, 2.24) is 15.5 Å². The second-order valence-corrected chi connectivity index (χ2v) is 8.52. The summed E-state index contributed by atoms with van der Waals surface area (Å²) in [5.74, 6) is -3.27. The van der Waals surface area contributed by atoms with Crippen LogP contribution in [0.15, 0.2) is 0 Å². The molecule has 3 atom stereocenters. The van der Waals surface area contributed by atoms with Gasteiger partial charge in [-0.15, -0.1) is 13.2 Å². The Morgan fingerprint density at radius 1 is 1.39 bits per heavy atom. The first-order valence-corrected chi connectivity index (χ1v) is 10.3. The van der Waals surface area contributed by atoms with Gasteiger partial charge < -0.3 is 15.5 Å². The number of Topliss-reactive ketones (excluding diaryl/α,β-unsaturated/α-hetero) is 1. The maximum Gasteiger partial charge on any atom is 0.522 e. The Morgan fingerprint density at radius 2 is 2.13 bits per heavy atom. The van der Waals surface area contributed by atoms with Crippen molar-refractivity contribution in [2.24, 2.45) is 11.3 Å². The fraction of sp³-hybridized carbons (Fsp3) is 0.800. The van der Waals surface area contributed by atoms with E-state index in [1.54, 1.807) is 0 Å². The van der Waals surface area contributed by atoms with E-state index in [9.17, 15) is 32.3 Å². The Bertz CT molecular complexity index is 832. The molecule has 2 saturated heterocycles. The first kappa shape index (κ1) is 19.5. The molecule has 0 radical (unpaired) electrons. The maximum atomic E-state index is 13.1. The normalized spacial score (nSPS) is 27.3. The molecule has 0 aromatic heterocycles. The van der Waals surface area contributed by atoms with Gasteiger partial charge in [0, 0.05) is 29.5 Å². The number of nitrogens with one attached hydrogen (secondary N) is 2. The molecule has 1 saturated carbocycles. The van der Waals surface area contributed by atoms with Crippen LogP contribution in [-0.2, 0) is 23.9 Å². The van der Waals surface area contributed by atoms with Gasteiger partial charge in [-0.1, -0.05) is 6.85 Å². The van der Waals surface area contributed by atoms with Crippen LogP contribution in [0.5, 0.6) is 0 Å². The minimum Gasteiger partial charge on any atom is -0.356 e. The summed E-state index contributed by atoms with van der Waals surface area (Å²) >= 11 is 0. The molecule has 1 aliphatic carbocycles. The van der Waals surface area contributed by atoms with Gasteiger partial charge in [-0.2, -0.15) is 0 Å². The lowest BCUT2D eigenvalue weighted by Crippen LogP contribution is -2.52. The van der Waals surface area contributed by atoms with Crippen molar-refractivity contribution in [2.75, 3.05) is 19.7 Å². The first-order chi connectivity index (χ1) is 15.7. The van der Waals surface area contributed by atoms with Crippen LogP contribution in [0.2, 0.25) is 0 Å². The number of carbonyl (C=O) groups is 4. The van der Waals surface area contributed by atoms with Gasteiger partial charge >= 0.3 is 6.36 Å². The van der Waals surface area contributed by atoms with Gasteiger partial charge in [-0.3, -0.25) is 23.9 Å². The molecule has 0 unspecified atom stereocenters. The van der Waals surface area contributed by atoms with Crippen molar-refractivity contribution in [2.45, 2.75) is 70.2 Å². The SMILES string of the molecule is [2H]C([2H])([2H])CCC(=O)N1CC2(CC2)C[C@H]1C(=O)N[C@@H](C[C@@H]1CCNC1=O)C(=O)COC(F)(F)F. The number of alkyl halides is 3. The van der Waals surface area contributed by atoms with Crippen molar-refractivity contribution in [1.29, 1.82) is 0 Å². The molecule has 2 heterocycles. The van der Waals surface area contributed by atoms with Crippen LogP contribution in [0, 0.1) is 11.3 Å². The van der Waals surface area contributed by atoms with Gasteiger partial charge in [0.05, 0.1) is 6.04 Å². The highest BCUT2D eigenvalue weighted by Gasteiger charge is 2.55. The predicted octanol–water partition coefficient (Wildman–Crippen LogP) is 1.28. The number of carbonyl (C=O) groups excluding carboxylic acids is 4. The van der Waals surface area contributed by atoms with Crippen LogP contribution in [0.3, 0.4) is 0 Å². The minimum atomic E-state index is -5.04. The van der Waals surface area contributed by atoms with Gasteiger partial charge in [0.2, 0.25) is 17.7 Å². The number of ketones is 1. The highest BCUT2D eigenvalue weighted by Crippen LogP contribution is 2.55. The van der Waals surface area contributed by atoms with Crippen molar-refractivity contribution >= 4 is 23.5 Å². The average Bonchev–Trinajstić information content (AvgIpc) is 3.18. The van der Waals surface area contributed by atoms with E-state index in [0.717, 1.165) is 12.8 Å². The molecule has 2 N–H and O–H groups in total. The molecule has 0 aromatic carbocycles. The number of likely N-dealkylation sites (tertiary alicyclic amines) is 1. The van der Waals surface area contributed by atoms with E-state index in [0.29, 0.717) is 19.4 Å². The molecular weight excluding hydrogens is 419 g/mol. The van der Waals surface area contributed by atoms with Gasteiger partial charge in [0.15, 0.2) is 5.78 Å². The number of ether oxygens (including phenoxy) is 1. The lowest BCUT2D eigenvalue weighted by Gasteiger charge is -2.27. The Labute approximate surface area is 182 Å². The smallest absolute Gasteiger partial charge is 0.356 e. The minimum absolute atomic E-state index is 0.192. The molecule has 0 aromatic rings. The van der Waals surface area contributed by atoms with Crippen LogP contribution in [0.1, 0.15) is 55.9 Å². The fourth-order valence-electron chi connectivity index (χ4n) is 4.29. The summed E-state index contributed by atoms with van der Waals surface area (Å²) in [5.41, 5.74) is -0.234. The summed E-state index contributed by atoms with van der Waals surface area (Å²) in [5, 5.41) is 5.02. The largest absolute Gasteiger partial charge is 0.522 e. The van der Waals surface area contributed by atoms with Crippen LogP contribution in [0.4, 0.5) is 13.2 Å². The molecule has 174 valence electrons. The molecule has 11 heteroatoms. The number of halogens is 3. The fourth-order valence-corrected chi connectivity index (χ4v) is 4.29. The zero-order valence-corrected chi connectivity index (χ0v) is 16.9. The third kappa shape index (κ3) is 5.96. The monoisotopic (exact) mass is 450 g/mol. The molecule has 3 aliphatic rings.